The van der Waals surface area contributed by atoms with Crippen LogP contribution in [0.15, 0.2) is 48.8 Å². The maximum absolute atomic E-state index is 12.7. The van der Waals surface area contributed by atoms with E-state index < -0.39 is 0 Å². The molecule has 1 unspecified atom stereocenters. The number of piperidine rings is 1. The summed E-state index contributed by atoms with van der Waals surface area (Å²) in [6, 6.07) is 11.9. The van der Waals surface area contributed by atoms with E-state index in [4.69, 9.17) is 4.74 Å². The summed E-state index contributed by atoms with van der Waals surface area (Å²) in [4.78, 5) is 20.2. The summed E-state index contributed by atoms with van der Waals surface area (Å²) in [5.41, 5.74) is 2.68. The van der Waals surface area contributed by atoms with Crippen LogP contribution in [0.4, 0.5) is 11.4 Å². The fraction of sp³-hybridized carbons (Fsp3) is 0.333. The molecule has 3 aromatic rings. The largest absolute Gasteiger partial charge is 0.380 e. The molecule has 0 saturated carbocycles. The van der Waals surface area contributed by atoms with Gasteiger partial charge in [0.1, 0.15) is 4.88 Å². The third-order valence-corrected chi connectivity index (χ3v) is 6.19. The Labute approximate surface area is 168 Å². The van der Waals surface area contributed by atoms with Gasteiger partial charge in [0.15, 0.2) is 5.13 Å². The van der Waals surface area contributed by atoms with E-state index in [1.165, 1.54) is 11.3 Å². The molecule has 7 heteroatoms. The van der Waals surface area contributed by atoms with Crippen molar-refractivity contribution in [1.82, 2.24) is 9.55 Å². The first-order chi connectivity index (χ1) is 13.6. The van der Waals surface area contributed by atoms with Crippen LogP contribution >= 0.6 is 11.3 Å². The van der Waals surface area contributed by atoms with Crippen LogP contribution in [0.3, 0.4) is 0 Å². The molecule has 4 rings (SSSR count). The summed E-state index contributed by atoms with van der Waals surface area (Å²) >= 11 is 1.39. The number of hydrogen-bond donors (Lipinski definition) is 1. The summed E-state index contributed by atoms with van der Waals surface area (Å²) in [6.07, 6.45) is 6.38. The molecule has 28 heavy (non-hydrogen) atoms. The molecular weight excluding hydrogens is 372 g/mol. The Morgan fingerprint density at radius 2 is 2.00 bits per heavy atom. The summed E-state index contributed by atoms with van der Waals surface area (Å²) < 4.78 is 7.41. The molecule has 1 amide bonds. The maximum atomic E-state index is 12.7. The van der Waals surface area contributed by atoms with Gasteiger partial charge in [0.2, 0.25) is 0 Å². The van der Waals surface area contributed by atoms with Gasteiger partial charge in [-0.1, -0.05) is 11.3 Å². The lowest BCUT2D eigenvalue weighted by Crippen LogP contribution is -2.39. The van der Waals surface area contributed by atoms with Crippen molar-refractivity contribution in [3.63, 3.8) is 0 Å². The minimum absolute atomic E-state index is 0.126. The number of anilines is 2. The maximum Gasteiger partial charge on any atom is 0.267 e. The molecule has 0 bridgehead atoms. The van der Waals surface area contributed by atoms with Crippen molar-refractivity contribution in [2.24, 2.45) is 0 Å². The zero-order valence-corrected chi connectivity index (χ0v) is 16.9. The Bertz CT molecular complexity index is 934. The molecule has 3 heterocycles. The summed E-state index contributed by atoms with van der Waals surface area (Å²) in [7, 11) is 1.77. The number of nitrogens with zero attached hydrogens (tertiary/aromatic N) is 3. The lowest BCUT2D eigenvalue weighted by atomic mass is 10.1. The number of thiazole rings is 1. The van der Waals surface area contributed by atoms with E-state index in [-0.39, 0.29) is 12.0 Å². The van der Waals surface area contributed by atoms with Crippen LogP contribution < -0.4 is 10.2 Å². The van der Waals surface area contributed by atoms with Crippen molar-refractivity contribution in [2.45, 2.75) is 25.9 Å². The third-order valence-electron chi connectivity index (χ3n) is 5.02. The number of ether oxygens (including phenoxy) is 1. The van der Waals surface area contributed by atoms with Gasteiger partial charge in [0, 0.05) is 44.0 Å². The summed E-state index contributed by atoms with van der Waals surface area (Å²) in [5, 5.41) is 3.78. The number of nitrogens with one attached hydrogen (secondary N) is 1. The van der Waals surface area contributed by atoms with Gasteiger partial charge in [-0.2, -0.15) is 0 Å². The van der Waals surface area contributed by atoms with Crippen molar-refractivity contribution in [3.05, 3.63) is 59.4 Å². The van der Waals surface area contributed by atoms with Crippen molar-refractivity contribution >= 4 is 28.6 Å². The molecule has 1 atom stereocenters. The standard InChI is InChI=1S/C21H24N4O2S/c1-15-19(28-21(22-15)24-11-3-4-12-24)20(26)23-16-7-9-17(10-8-16)25-13-5-6-18(14-25)27-2/h3-4,7-12,18H,5-6,13-14H2,1-2H3,(H,23,26). The number of carbonyl (C=O) groups excluding carboxylic acids is 1. The highest BCUT2D eigenvalue weighted by atomic mass is 32.1. The van der Waals surface area contributed by atoms with Crippen LogP contribution in [0.2, 0.25) is 0 Å². The Balaban J connectivity index is 1.44. The molecule has 1 saturated heterocycles. The molecule has 0 spiro atoms. The van der Waals surface area contributed by atoms with Crippen molar-refractivity contribution < 1.29 is 9.53 Å². The van der Waals surface area contributed by atoms with Crippen LogP contribution in [0.25, 0.3) is 5.13 Å². The molecule has 1 aliphatic heterocycles. The number of aromatic nitrogens is 2. The predicted octanol–water partition coefficient (Wildman–Crippen LogP) is 4.11. The molecule has 1 aromatic carbocycles. The van der Waals surface area contributed by atoms with Crippen LogP contribution in [-0.2, 0) is 4.74 Å². The molecule has 0 aliphatic carbocycles. The molecule has 2 aromatic heterocycles. The van der Waals surface area contributed by atoms with Gasteiger partial charge in [-0.05, 0) is 56.2 Å². The number of hydrogen-bond acceptors (Lipinski definition) is 5. The van der Waals surface area contributed by atoms with E-state index in [2.05, 4.69) is 27.3 Å². The molecule has 1 fully saturated rings. The Morgan fingerprint density at radius 3 is 2.71 bits per heavy atom. The van der Waals surface area contributed by atoms with Gasteiger partial charge in [0.05, 0.1) is 11.8 Å². The highest BCUT2D eigenvalue weighted by Crippen LogP contribution is 2.25. The normalized spacial score (nSPS) is 16.9. The van der Waals surface area contributed by atoms with Gasteiger partial charge in [-0.3, -0.25) is 4.79 Å². The third kappa shape index (κ3) is 3.95. The highest BCUT2D eigenvalue weighted by Gasteiger charge is 2.20. The zero-order valence-electron chi connectivity index (χ0n) is 16.1. The lowest BCUT2D eigenvalue weighted by Gasteiger charge is -2.33. The first-order valence-electron chi connectivity index (χ1n) is 9.44. The first-order valence-corrected chi connectivity index (χ1v) is 10.3. The van der Waals surface area contributed by atoms with Gasteiger partial charge < -0.3 is 19.5 Å². The number of amides is 1. The summed E-state index contributed by atoms with van der Waals surface area (Å²) in [5.74, 6) is -0.126. The van der Waals surface area contributed by atoms with Gasteiger partial charge >= 0.3 is 0 Å². The fourth-order valence-corrected chi connectivity index (χ4v) is 4.40. The van der Waals surface area contributed by atoms with Crippen LogP contribution in [0.1, 0.15) is 28.2 Å². The average Bonchev–Trinajstić information content (AvgIpc) is 3.38. The molecule has 6 nitrogen and oxygen atoms in total. The summed E-state index contributed by atoms with van der Waals surface area (Å²) in [6.45, 7) is 3.81. The number of methoxy groups -OCH3 is 1. The van der Waals surface area contributed by atoms with Gasteiger partial charge in [-0.25, -0.2) is 4.98 Å². The van der Waals surface area contributed by atoms with E-state index in [9.17, 15) is 4.79 Å². The average molecular weight is 397 g/mol. The monoisotopic (exact) mass is 396 g/mol. The van der Waals surface area contributed by atoms with Crippen molar-refractivity contribution in [3.8, 4) is 5.13 Å². The quantitative estimate of drug-likeness (QED) is 0.705. The van der Waals surface area contributed by atoms with Gasteiger partial charge in [0.25, 0.3) is 5.91 Å². The minimum Gasteiger partial charge on any atom is -0.380 e. The minimum atomic E-state index is -0.126. The van der Waals surface area contributed by atoms with E-state index in [1.807, 2.05) is 48.1 Å². The number of carbonyl (C=O) groups is 1. The van der Waals surface area contributed by atoms with Crippen molar-refractivity contribution in [2.75, 3.05) is 30.4 Å². The van der Waals surface area contributed by atoms with Crippen molar-refractivity contribution in [1.29, 1.82) is 0 Å². The van der Waals surface area contributed by atoms with E-state index >= 15 is 0 Å². The second-order valence-electron chi connectivity index (χ2n) is 6.95. The molecule has 1 N–H and O–H groups in total. The van der Waals surface area contributed by atoms with E-state index in [1.54, 1.807) is 7.11 Å². The van der Waals surface area contributed by atoms with Crippen LogP contribution in [0, 0.1) is 6.92 Å². The smallest absolute Gasteiger partial charge is 0.267 e. The lowest BCUT2D eigenvalue weighted by molar-refractivity contribution is 0.0893. The SMILES string of the molecule is COC1CCCN(c2ccc(NC(=O)c3sc(-n4cccc4)nc3C)cc2)C1. The second kappa shape index (κ2) is 8.16. The predicted molar refractivity (Wildman–Crippen MR) is 113 cm³/mol. The zero-order chi connectivity index (χ0) is 19.5. The molecule has 0 radical (unpaired) electrons. The Morgan fingerprint density at radius 1 is 1.25 bits per heavy atom. The van der Waals surface area contributed by atoms with E-state index in [0.29, 0.717) is 4.88 Å². The number of aryl methyl sites for hydroxylation is 1. The molecular formula is C21H24N4O2S. The van der Waals surface area contributed by atoms with Gasteiger partial charge in [-0.15, -0.1) is 0 Å². The number of benzene rings is 1. The highest BCUT2D eigenvalue weighted by molar-refractivity contribution is 7.16. The van der Waals surface area contributed by atoms with E-state index in [0.717, 1.165) is 48.1 Å². The van der Waals surface area contributed by atoms with Crippen LogP contribution in [0.5, 0.6) is 0 Å². The fourth-order valence-electron chi connectivity index (χ4n) is 3.47. The molecule has 146 valence electrons. The second-order valence-corrected chi connectivity index (χ2v) is 7.93. The van der Waals surface area contributed by atoms with Crippen LogP contribution in [-0.4, -0.2) is 41.8 Å². The Hall–Kier alpha value is -2.64. The Kier molecular flexibility index (Phi) is 5.45. The number of rotatable bonds is 5. The topological polar surface area (TPSA) is 59.4 Å². The molecule has 1 aliphatic rings. The first kappa shape index (κ1) is 18.7.